The van der Waals surface area contributed by atoms with Crippen LogP contribution in [0.15, 0.2) is 6.07 Å². The minimum atomic E-state index is -3.14. The van der Waals surface area contributed by atoms with Gasteiger partial charge >= 0.3 is 0 Å². The maximum absolute atomic E-state index is 11.4. The molecule has 8 heteroatoms. The van der Waals surface area contributed by atoms with Gasteiger partial charge in [0.1, 0.15) is 11.8 Å². The molecule has 7 nitrogen and oxygen atoms in total. The Morgan fingerprint density at radius 2 is 1.89 bits per heavy atom. The van der Waals surface area contributed by atoms with Crippen LogP contribution in [0.1, 0.15) is 11.4 Å². The summed E-state index contributed by atoms with van der Waals surface area (Å²) in [5.41, 5.74) is 1.06. The van der Waals surface area contributed by atoms with Gasteiger partial charge in [0.25, 0.3) is 0 Å². The Kier molecular flexibility index (Phi) is 3.68. The van der Waals surface area contributed by atoms with Crippen molar-refractivity contribution in [2.45, 2.75) is 6.92 Å². The van der Waals surface area contributed by atoms with Crippen molar-refractivity contribution in [1.29, 1.82) is 5.26 Å². The number of hydrogen-bond donors (Lipinski definition) is 0. The maximum Gasteiger partial charge on any atom is 0.226 e. The SMILES string of the molecule is Cc1cc(C#N)nc(N2CCN(S(C)(=O)=O)CC2)n1. The number of hydrogen-bond acceptors (Lipinski definition) is 6. The van der Waals surface area contributed by atoms with Crippen molar-refractivity contribution < 1.29 is 8.42 Å². The highest BCUT2D eigenvalue weighted by Gasteiger charge is 2.24. The number of sulfonamides is 1. The van der Waals surface area contributed by atoms with Crippen LogP contribution in [0.5, 0.6) is 0 Å². The molecule has 2 rings (SSSR count). The van der Waals surface area contributed by atoms with Crippen LogP contribution in [0.3, 0.4) is 0 Å². The van der Waals surface area contributed by atoms with E-state index in [-0.39, 0.29) is 0 Å². The van der Waals surface area contributed by atoms with E-state index < -0.39 is 10.0 Å². The fourth-order valence-electron chi connectivity index (χ4n) is 1.97. The van der Waals surface area contributed by atoms with Crippen molar-refractivity contribution in [2.75, 3.05) is 37.3 Å². The van der Waals surface area contributed by atoms with E-state index in [1.165, 1.54) is 10.6 Å². The first-order valence-electron chi connectivity index (χ1n) is 5.86. The van der Waals surface area contributed by atoms with Crippen molar-refractivity contribution in [1.82, 2.24) is 14.3 Å². The number of aromatic nitrogens is 2. The molecule has 1 aromatic heterocycles. The summed E-state index contributed by atoms with van der Waals surface area (Å²) >= 11 is 0. The zero-order valence-electron chi connectivity index (χ0n) is 10.9. The predicted octanol–water partition coefficient (Wildman–Crippen LogP) is -0.262. The van der Waals surface area contributed by atoms with E-state index in [1.54, 1.807) is 13.0 Å². The third kappa shape index (κ3) is 3.19. The smallest absolute Gasteiger partial charge is 0.226 e. The van der Waals surface area contributed by atoms with Gasteiger partial charge in [-0.3, -0.25) is 0 Å². The van der Waals surface area contributed by atoms with E-state index in [1.807, 2.05) is 11.0 Å². The number of nitriles is 1. The Labute approximate surface area is 112 Å². The molecule has 1 aliphatic heterocycles. The summed E-state index contributed by atoms with van der Waals surface area (Å²) in [7, 11) is -3.14. The van der Waals surface area contributed by atoms with Gasteiger partial charge in [-0.1, -0.05) is 0 Å². The molecule has 0 saturated carbocycles. The fourth-order valence-corrected chi connectivity index (χ4v) is 2.80. The highest BCUT2D eigenvalue weighted by molar-refractivity contribution is 7.88. The van der Waals surface area contributed by atoms with E-state index in [0.717, 1.165) is 5.69 Å². The Morgan fingerprint density at radius 1 is 1.26 bits per heavy atom. The summed E-state index contributed by atoms with van der Waals surface area (Å²) in [6.45, 7) is 3.69. The van der Waals surface area contributed by atoms with E-state index in [9.17, 15) is 8.42 Å². The summed E-state index contributed by atoms with van der Waals surface area (Å²) in [6.07, 6.45) is 1.21. The molecular weight excluding hydrogens is 266 g/mol. The van der Waals surface area contributed by atoms with Crippen LogP contribution in [0, 0.1) is 18.3 Å². The number of anilines is 1. The van der Waals surface area contributed by atoms with Crippen LogP contribution < -0.4 is 4.90 Å². The maximum atomic E-state index is 11.4. The molecular formula is C11H15N5O2S. The second-order valence-corrected chi connectivity index (χ2v) is 6.44. The average Bonchev–Trinajstić information content (AvgIpc) is 2.37. The lowest BCUT2D eigenvalue weighted by Crippen LogP contribution is -2.48. The Bertz CT molecular complexity index is 614. The first-order chi connectivity index (χ1) is 8.90. The van der Waals surface area contributed by atoms with Crippen molar-refractivity contribution in [2.24, 2.45) is 0 Å². The molecule has 0 aromatic carbocycles. The first-order valence-corrected chi connectivity index (χ1v) is 7.71. The lowest BCUT2D eigenvalue weighted by molar-refractivity contribution is 0.385. The molecule has 1 saturated heterocycles. The third-order valence-electron chi connectivity index (χ3n) is 2.95. The summed E-state index contributed by atoms with van der Waals surface area (Å²) < 4.78 is 24.3. The molecule has 1 aliphatic rings. The minimum Gasteiger partial charge on any atom is -0.338 e. The zero-order chi connectivity index (χ0) is 14.0. The molecule has 0 spiro atoms. The quantitative estimate of drug-likeness (QED) is 0.741. The monoisotopic (exact) mass is 281 g/mol. The Balaban J connectivity index is 2.14. The van der Waals surface area contributed by atoms with Crippen molar-refractivity contribution in [3.05, 3.63) is 17.5 Å². The van der Waals surface area contributed by atoms with Crippen LogP contribution in [-0.4, -0.2) is 55.1 Å². The third-order valence-corrected chi connectivity index (χ3v) is 4.25. The van der Waals surface area contributed by atoms with Crippen LogP contribution in [0.25, 0.3) is 0 Å². The lowest BCUT2D eigenvalue weighted by Gasteiger charge is -2.33. The number of nitrogens with zero attached hydrogens (tertiary/aromatic N) is 5. The molecule has 0 bridgehead atoms. The van der Waals surface area contributed by atoms with Gasteiger partial charge in [-0.05, 0) is 13.0 Å². The number of aryl methyl sites for hydroxylation is 1. The van der Waals surface area contributed by atoms with Gasteiger partial charge in [0.05, 0.1) is 6.26 Å². The normalized spacial score (nSPS) is 17.2. The standard InChI is InChI=1S/C11H15N5O2S/c1-9-7-10(8-12)14-11(13-9)15-3-5-16(6-4-15)19(2,17)18/h7H,3-6H2,1-2H3. The van der Waals surface area contributed by atoms with Gasteiger partial charge in [-0.2, -0.15) is 9.57 Å². The molecule has 0 radical (unpaired) electrons. The predicted molar refractivity (Wildman–Crippen MR) is 70.1 cm³/mol. The van der Waals surface area contributed by atoms with Crippen molar-refractivity contribution in [3.8, 4) is 6.07 Å². The minimum absolute atomic E-state index is 0.327. The molecule has 0 unspecified atom stereocenters. The van der Waals surface area contributed by atoms with Crippen molar-refractivity contribution >= 4 is 16.0 Å². The summed E-state index contributed by atoms with van der Waals surface area (Å²) in [4.78, 5) is 10.3. The second-order valence-electron chi connectivity index (χ2n) is 4.46. The molecule has 0 amide bonds. The number of piperazine rings is 1. The topological polar surface area (TPSA) is 90.2 Å². The molecule has 1 fully saturated rings. The molecule has 19 heavy (non-hydrogen) atoms. The fraction of sp³-hybridized carbons (Fsp3) is 0.545. The van der Waals surface area contributed by atoms with Gasteiger partial charge in [0, 0.05) is 31.9 Å². The average molecular weight is 281 g/mol. The molecule has 2 heterocycles. The zero-order valence-corrected chi connectivity index (χ0v) is 11.7. The molecule has 1 aromatic rings. The van der Waals surface area contributed by atoms with Crippen LogP contribution >= 0.6 is 0 Å². The highest BCUT2D eigenvalue weighted by Crippen LogP contribution is 2.14. The van der Waals surface area contributed by atoms with Gasteiger partial charge in [0.2, 0.25) is 16.0 Å². The Morgan fingerprint density at radius 3 is 2.42 bits per heavy atom. The first kappa shape index (κ1) is 13.7. The van der Waals surface area contributed by atoms with Gasteiger partial charge in [0.15, 0.2) is 0 Å². The highest BCUT2D eigenvalue weighted by atomic mass is 32.2. The van der Waals surface area contributed by atoms with E-state index in [2.05, 4.69) is 9.97 Å². The van der Waals surface area contributed by atoms with Gasteiger partial charge < -0.3 is 4.90 Å². The van der Waals surface area contributed by atoms with E-state index in [4.69, 9.17) is 5.26 Å². The lowest BCUT2D eigenvalue weighted by atomic mass is 10.3. The van der Waals surface area contributed by atoms with E-state index in [0.29, 0.717) is 37.8 Å². The largest absolute Gasteiger partial charge is 0.338 e. The summed E-state index contributed by atoms with van der Waals surface area (Å²) in [5, 5.41) is 8.89. The second kappa shape index (κ2) is 5.11. The Hall–Kier alpha value is -1.72. The van der Waals surface area contributed by atoms with E-state index >= 15 is 0 Å². The van der Waals surface area contributed by atoms with Crippen LogP contribution in [-0.2, 0) is 10.0 Å². The molecule has 102 valence electrons. The molecule has 0 N–H and O–H groups in total. The summed E-state index contributed by atoms with van der Waals surface area (Å²) in [5.74, 6) is 0.490. The molecule has 0 aliphatic carbocycles. The summed E-state index contributed by atoms with van der Waals surface area (Å²) in [6, 6.07) is 3.62. The van der Waals surface area contributed by atoms with Crippen LogP contribution in [0.4, 0.5) is 5.95 Å². The van der Waals surface area contributed by atoms with Gasteiger partial charge in [-0.25, -0.2) is 18.4 Å². The number of rotatable bonds is 2. The van der Waals surface area contributed by atoms with Crippen molar-refractivity contribution in [3.63, 3.8) is 0 Å². The molecule has 0 atom stereocenters. The van der Waals surface area contributed by atoms with Crippen LogP contribution in [0.2, 0.25) is 0 Å². The van der Waals surface area contributed by atoms with Gasteiger partial charge in [-0.15, -0.1) is 0 Å².